The van der Waals surface area contributed by atoms with E-state index in [-0.39, 0.29) is 11.8 Å². The van der Waals surface area contributed by atoms with Crippen LogP contribution < -0.4 is 5.32 Å². The van der Waals surface area contributed by atoms with Crippen LogP contribution in [0.5, 0.6) is 0 Å². The van der Waals surface area contributed by atoms with Gasteiger partial charge in [0.25, 0.3) is 0 Å². The van der Waals surface area contributed by atoms with E-state index in [2.05, 4.69) is 5.32 Å². The van der Waals surface area contributed by atoms with E-state index in [0.717, 1.165) is 22.5 Å². The first-order chi connectivity index (χ1) is 13.7. The van der Waals surface area contributed by atoms with Gasteiger partial charge in [-0.15, -0.1) is 0 Å². The minimum atomic E-state index is -0.348. The van der Waals surface area contributed by atoms with Crippen LogP contribution in [0.25, 0.3) is 11.3 Å². The van der Waals surface area contributed by atoms with Gasteiger partial charge in [-0.3, -0.25) is 4.79 Å². The molecule has 0 amide bonds. The summed E-state index contributed by atoms with van der Waals surface area (Å²) in [7, 11) is 0. The molecule has 0 unspecified atom stereocenters. The molecule has 0 heterocycles. The number of anilines is 1. The molecule has 0 fully saturated rings. The van der Waals surface area contributed by atoms with Gasteiger partial charge in [0.05, 0.1) is 23.4 Å². The zero-order valence-electron chi connectivity index (χ0n) is 15.4. The van der Waals surface area contributed by atoms with Crippen LogP contribution in [0.3, 0.4) is 0 Å². The monoisotopic (exact) mass is 369 g/mol. The van der Waals surface area contributed by atoms with Gasteiger partial charge in [0.2, 0.25) is 0 Å². The normalized spacial score (nSPS) is 12.7. The molecule has 4 heteroatoms. The largest absolute Gasteiger partial charge is 0.462 e. The number of allylic oxidation sites excluding steroid dienone is 1. The van der Waals surface area contributed by atoms with Gasteiger partial charge in [-0.1, -0.05) is 54.6 Å². The minimum absolute atomic E-state index is 0.00689. The van der Waals surface area contributed by atoms with Crippen LogP contribution in [0.15, 0.2) is 78.9 Å². The first kappa shape index (κ1) is 17.7. The van der Waals surface area contributed by atoms with Crippen molar-refractivity contribution in [3.05, 3.63) is 101 Å². The highest BCUT2D eigenvalue weighted by molar-refractivity contribution is 6.40. The number of carbonyl (C=O) groups excluding carboxylic acids is 2. The molecule has 4 nitrogen and oxygen atoms in total. The van der Waals surface area contributed by atoms with Crippen molar-refractivity contribution in [3.8, 4) is 0 Å². The number of ketones is 1. The summed E-state index contributed by atoms with van der Waals surface area (Å²) in [5.74, 6) is -0.341. The molecule has 0 saturated carbocycles. The van der Waals surface area contributed by atoms with Crippen molar-refractivity contribution < 1.29 is 14.3 Å². The summed E-state index contributed by atoms with van der Waals surface area (Å²) in [6, 6.07) is 24.3. The van der Waals surface area contributed by atoms with Crippen molar-refractivity contribution in [3.63, 3.8) is 0 Å². The molecule has 0 bridgehead atoms. The van der Waals surface area contributed by atoms with Gasteiger partial charge in [0, 0.05) is 16.8 Å². The molecule has 28 heavy (non-hydrogen) atoms. The summed E-state index contributed by atoms with van der Waals surface area (Å²) >= 11 is 0. The molecule has 138 valence electrons. The van der Waals surface area contributed by atoms with Gasteiger partial charge in [0.15, 0.2) is 5.78 Å². The van der Waals surface area contributed by atoms with E-state index in [4.69, 9.17) is 4.74 Å². The number of hydrogen-bond donors (Lipinski definition) is 1. The summed E-state index contributed by atoms with van der Waals surface area (Å²) in [4.78, 5) is 24.9. The van der Waals surface area contributed by atoms with Crippen molar-refractivity contribution in [1.82, 2.24) is 0 Å². The second-order valence-corrected chi connectivity index (χ2v) is 6.41. The summed E-state index contributed by atoms with van der Waals surface area (Å²) in [6.07, 6.45) is 0. The number of ether oxygens (including phenoxy) is 1. The lowest BCUT2D eigenvalue weighted by Gasteiger charge is -2.12. The third-order valence-electron chi connectivity index (χ3n) is 4.65. The van der Waals surface area contributed by atoms with Crippen LogP contribution in [0.2, 0.25) is 0 Å². The van der Waals surface area contributed by atoms with Crippen molar-refractivity contribution in [2.75, 3.05) is 11.9 Å². The van der Waals surface area contributed by atoms with Crippen LogP contribution in [-0.4, -0.2) is 18.4 Å². The van der Waals surface area contributed by atoms with Gasteiger partial charge in [0.1, 0.15) is 0 Å². The molecule has 0 radical (unpaired) electrons. The number of rotatable bonds is 5. The lowest BCUT2D eigenvalue weighted by molar-refractivity contribution is 0.0526. The zero-order chi connectivity index (χ0) is 19.5. The van der Waals surface area contributed by atoms with Crippen molar-refractivity contribution in [1.29, 1.82) is 0 Å². The summed E-state index contributed by atoms with van der Waals surface area (Å²) in [5, 5.41) is 3.38. The van der Waals surface area contributed by atoms with Crippen LogP contribution >= 0.6 is 0 Å². The Morgan fingerprint density at radius 1 is 0.857 bits per heavy atom. The highest BCUT2D eigenvalue weighted by Gasteiger charge is 2.30. The Morgan fingerprint density at radius 3 is 2.18 bits per heavy atom. The predicted octanol–water partition coefficient (Wildman–Crippen LogP) is 5.04. The fraction of sp³-hybridized carbons (Fsp3) is 0.0833. The summed E-state index contributed by atoms with van der Waals surface area (Å²) < 4.78 is 5.02. The lowest BCUT2D eigenvalue weighted by Crippen LogP contribution is -2.05. The highest BCUT2D eigenvalue weighted by Crippen LogP contribution is 2.38. The molecule has 1 N–H and O–H groups in total. The molecule has 0 spiro atoms. The number of Topliss-reactive ketones (excluding diaryl/α,β-unsaturated/α-hetero) is 1. The maximum absolute atomic E-state index is 13.1. The highest BCUT2D eigenvalue weighted by atomic mass is 16.5. The Kier molecular flexibility index (Phi) is 4.77. The smallest absolute Gasteiger partial charge is 0.338 e. The third-order valence-corrected chi connectivity index (χ3v) is 4.65. The third kappa shape index (κ3) is 3.21. The van der Waals surface area contributed by atoms with Crippen molar-refractivity contribution in [2.45, 2.75) is 6.92 Å². The average Bonchev–Trinajstić information content (AvgIpc) is 3.01. The molecule has 0 atom stereocenters. The maximum atomic E-state index is 13.1. The molecular weight excluding hydrogens is 350 g/mol. The Balaban J connectivity index is 1.73. The van der Waals surface area contributed by atoms with Crippen LogP contribution in [0.4, 0.5) is 5.69 Å². The van der Waals surface area contributed by atoms with Crippen LogP contribution in [-0.2, 0) is 4.74 Å². The lowest BCUT2D eigenvalue weighted by atomic mass is 10.0. The number of nitrogens with one attached hydrogen (secondary N) is 1. The zero-order valence-corrected chi connectivity index (χ0v) is 15.4. The number of esters is 1. The number of fused-ring (bicyclic) bond motifs is 1. The van der Waals surface area contributed by atoms with E-state index in [1.54, 1.807) is 19.1 Å². The fourth-order valence-corrected chi connectivity index (χ4v) is 3.34. The number of carbonyl (C=O) groups is 2. The van der Waals surface area contributed by atoms with Gasteiger partial charge in [-0.25, -0.2) is 4.79 Å². The molecule has 1 aliphatic carbocycles. The maximum Gasteiger partial charge on any atom is 0.338 e. The summed E-state index contributed by atoms with van der Waals surface area (Å²) in [5.41, 5.74) is 5.14. The second-order valence-electron chi connectivity index (χ2n) is 6.41. The van der Waals surface area contributed by atoms with Gasteiger partial charge in [-0.05, 0) is 36.8 Å². The summed E-state index contributed by atoms with van der Waals surface area (Å²) in [6.45, 7) is 2.12. The first-order valence-corrected chi connectivity index (χ1v) is 9.17. The Labute approximate surface area is 163 Å². The van der Waals surface area contributed by atoms with E-state index < -0.39 is 0 Å². The molecule has 3 aromatic rings. The number of benzene rings is 3. The van der Waals surface area contributed by atoms with Gasteiger partial charge in [-0.2, -0.15) is 0 Å². The Morgan fingerprint density at radius 2 is 1.50 bits per heavy atom. The quantitative estimate of drug-likeness (QED) is 0.640. The van der Waals surface area contributed by atoms with Crippen LogP contribution in [0, 0.1) is 0 Å². The standard InChI is InChI=1S/C24H19NO3/c1-2-28-24(27)17-12-14-18(15-13-17)25-22-19-10-6-7-11-20(19)23(26)21(22)16-8-4-3-5-9-16/h3-15,25H,2H2,1H3. The predicted molar refractivity (Wildman–Crippen MR) is 110 cm³/mol. The molecule has 3 aromatic carbocycles. The molecule has 1 aliphatic rings. The van der Waals surface area contributed by atoms with E-state index in [9.17, 15) is 9.59 Å². The fourth-order valence-electron chi connectivity index (χ4n) is 3.34. The Bertz CT molecular complexity index is 1070. The van der Waals surface area contributed by atoms with Gasteiger partial charge >= 0.3 is 5.97 Å². The Hall–Kier alpha value is -3.66. The van der Waals surface area contributed by atoms with Crippen LogP contribution in [0.1, 0.15) is 38.8 Å². The first-order valence-electron chi connectivity index (χ1n) is 9.17. The minimum Gasteiger partial charge on any atom is -0.462 e. The SMILES string of the molecule is CCOC(=O)c1ccc(NC2=C(c3ccccc3)C(=O)c3ccccc32)cc1. The topological polar surface area (TPSA) is 55.4 Å². The molecule has 0 aliphatic heterocycles. The molecule has 0 aromatic heterocycles. The number of hydrogen-bond acceptors (Lipinski definition) is 4. The second kappa shape index (κ2) is 7.53. The molecular formula is C24H19NO3. The van der Waals surface area contributed by atoms with E-state index in [1.165, 1.54) is 0 Å². The average molecular weight is 369 g/mol. The van der Waals surface area contributed by atoms with E-state index >= 15 is 0 Å². The van der Waals surface area contributed by atoms with Gasteiger partial charge < -0.3 is 10.1 Å². The van der Waals surface area contributed by atoms with E-state index in [0.29, 0.717) is 23.3 Å². The molecule has 4 rings (SSSR count). The molecule has 0 saturated heterocycles. The van der Waals surface area contributed by atoms with E-state index in [1.807, 2.05) is 66.7 Å². The van der Waals surface area contributed by atoms with Crippen molar-refractivity contribution in [2.24, 2.45) is 0 Å². The van der Waals surface area contributed by atoms with Crippen molar-refractivity contribution >= 4 is 28.7 Å².